The number of carbonyl (C=O) groups is 1. The normalized spacial score (nSPS) is 12.8. The summed E-state index contributed by atoms with van der Waals surface area (Å²) in [6.45, 7) is 9.21. The van der Waals surface area contributed by atoms with Crippen molar-refractivity contribution in [2.24, 2.45) is 0 Å². The minimum absolute atomic E-state index is 0. The van der Waals surface area contributed by atoms with Crippen LogP contribution in [0.5, 0.6) is 5.75 Å². The van der Waals surface area contributed by atoms with Gasteiger partial charge in [-0.2, -0.15) is 0 Å². The molecule has 0 fully saturated rings. The zero-order valence-electron chi connectivity index (χ0n) is 16.8. The Kier molecular flexibility index (Phi) is 10.0. The van der Waals surface area contributed by atoms with E-state index in [-0.39, 0.29) is 19.0 Å². The Morgan fingerprint density at radius 1 is 0.964 bits per heavy atom. The maximum atomic E-state index is 12.9. The molecule has 0 aliphatic rings. The van der Waals surface area contributed by atoms with Gasteiger partial charge in [-0.15, -0.1) is 12.4 Å². The molecule has 0 bridgehead atoms. The summed E-state index contributed by atoms with van der Waals surface area (Å²) in [5.74, 6) is 0.0107. The predicted octanol–water partition coefficient (Wildman–Crippen LogP) is 3.63. The molecule has 1 unspecified atom stereocenters. The van der Waals surface area contributed by atoms with Crippen LogP contribution < -0.4 is 4.74 Å². The van der Waals surface area contributed by atoms with Crippen LogP contribution in [0.3, 0.4) is 0 Å². The number of benzene rings is 2. The average Bonchev–Trinajstić information content (AvgIpc) is 2.72. The molecule has 0 aliphatic heterocycles. The highest BCUT2D eigenvalue weighted by molar-refractivity contribution is 5.85. The van der Waals surface area contributed by atoms with Crippen molar-refractivity contribution < 1.29 is 19.4 Å². The third-order valence-electron chi connectivity index (χ3n) is 4.61. The van der Waals surface area contributed by atoms with E-state index >= 15 is 0 Å². The molecule has 2 aromatic carbocycles. The number of hydrogen-bond donors (Lipinski definition) is 1. The molecule has 0 aliphatic carbocycles. The first-order chi connectivity index (χ1) is 13.1. The van der Waals surface area contributed by atoms with Crippen molar-refractivity contribution >= 4 is 18.4 Å². The van der Waals surface area contributed by atoms with Gasteiger partial charge in [-0.05, 0) is 43.3 Å². The summed E-state index contributed by atoms with van der Waals surface area (Å²) in [5.41, 5.74) is -0.943. The number of hydrogen-bond acceptors (Lipinski definition) is 5. The maximum absolute atomic E-state index is 12.9. The Balaban J connectivity index is 0.00000392. The number of likely N-dealkylation sites (N-methyl/N-ethyl adjacent to an activating group) is 1. The van der Waals surface area contributed by atoms with E-state index < -0.39 is 11.6 Å². The molecule has 154 valence electrons. The Bertz CT molecular complexity index is 704. The first-order valence-electron chi connectivity index (χ1n) is 9.47. The Morgan fingerprint density at radius 2 is 1.54 bits per heavy atom. The summed E-state index contributed by atoms with van der Waals surface area (Å²) in [4.78, 5) is 15.1. The minimum Gasteiger partial charge on any atom is -0.494 e. The van der Waals surface area contributed by atoms with Gasteiger partial charge in [0.25, 0.3) is 0 Å². The van der Waals surface area contributed by atoms with E-state index in [4.69, 9.17) is 9.47 Å². The monoisotopic (exact) mass is 407 g/mol. The highest BCUT2D eigenvalue weighted by Gasteiger charge is 2.41. The van der Waals surface area contributed by atoms with Gasteiger partial charge in [0.15, 0.2) is 0 Å². The summed E-state index contributed by atoms with van der Waals surface area (Å²) in [6.07, 6.45) is 0. The number of rotatable bonds is 10. The Hall–Kier alpha value is -2.08. The van der Waals surface area contributed by atoms with Gasteiger partial charge < -0.3 is 19.5 Å². The second kappa shape index (κ2) is 11.7. The number of halogens is 1. The SMILES string of the molecule is CCOc1ccc(C(O)(C(=O)OCCN(CC)CC)c2ccccc2)cc1.Cl. The van der Waals surface area contributed by atoms with Gasteiger partial charge in [0.2, 0.25) is 5.60 Å². The van der Waals surface area contributed by atoms with E-state index in [2.05, 4.69) is 18.7 Å². The molecule has 5 nitrogen and oxygen atoms in total. The second-order valence-electron chi connectivity index (χ2n) is 6.20. The van der Waals surface area contributed by atoms with Crippen LogP contribution in [0.2, 0.25) is 0 Å². The van der Waals surface area contributed by atoms with Crippen molar-refractivity contribution in [3.05, 3.63) is 65.7 Å². The lowest BCUT2D eigenvalue weighted by atomic mass is 9.86. The van der Waals surface area contributed by atoms with Gasteiger partial charge in [-0.1, -0.05) is 56.3 Å². The third-order valence-corrected chi connectivity index (χ3v) is 4.61. The molecule has 1 N–H and O–H groups in total. The highest BCUT2D eigenvalue weighted by atomic mass is 35.5. The van der Waals surface area contributed by atoms with Gasteiger partial charge in [0.05, 0.1) is 6.61 Å². The van der Waals surface area contributed by atoms with Gasteiger partial charge >= 0.3 is 5.97 Å². The molecule has 0 saturated heterocycles. The van der Waals surface area contributed by atoms with Crippen molar-refractivity contribution in [3.63, 3.8) is 0 Å². The van der Waals surface area contributed by atoms with Gasteiger partial charge in [0, 0.05) is 6.54 Å². The number of nitrogens with zero attached hydrogens (tertiary/aromatic N) is 1. The summed E-state index contributed by atoms with van der Waals surface area (Å²) in [7, 11) is 0. The topological polar surface area (TPSA) is 59.0 Å². The fourth-order valence-electron chi connectivity index (χ4n) is 2.95. The van der Waals surface area contributed by atoms with Crippen LogP contribution in [0.15, 0.2) is 54.6 Å². The first-order valence-corrected chi connectivity index (χ1v) is 9.47. The minimum atomic E-state index is -1.87. The van der Waals surface area contributed by atoms with Crippen LogP contribution in [0, 0.1) is 0 Å². The van der Waals surface area contributed by atoms with Crippen LogP contribution in [0.4, 0.5) is 0 Å². The van der Waals surface area contributed by atoms with Crippen molar-refractivity contribution in [3.8, 4) is 5.75 Å². The van der Waals surface area contributed by atoms with E-state index in [1.807, 2.05) is 13.0 Å². The first kappa shape index (κ1) is 24.0. The lowest BCUT2D eigenvalue weighted by Gasteiger charge is -2.28. The van der Waals surface area contributed by atoms with Crippen LogP contribution in [0.25, 0.3) is 0 Å². The molecule has 0 aromatic heterocycles. The Labute approximate surface area is 173 Å². The van der Waals surface area contributed by atoms with E-state index in [1.54, 1.807) is 48.5 Å². The highest BCUT2D eigenvalue weighted by Crippen LogP contribution is 2.32. The number of carbonyl (C=O) groups excluding carboxylic acids is 1. The summed E-state index contributed by atoms with van der Waals surface area (Å²) in [5, 5.41) is 11.4. The van der Waals surface area contributed by atoms with E-state index in [0.29, 0.717) is 30.0 Å². The average molecular weight is 408 g/mol. The molecule has 0 amide bonds. The van der Waals surface area contributed by atoms with Crippen molar-refractivity contribution in [2.75, 3.05) is 32.8 Å². The van der Waals surface area contributed by atoms with Crippen LogP contribution in [-0.4, -0.2) is 48.8 Å². The van der Waals surface area contributed by atoms with E-state index in [0.717, 1.165) is 13.1 Å². The van der Waals surface area contributed by atoms with Crippen LogP contribution in [0.1, 0.15) is 31.9 Å². The summed E-state index contributed by atoms with van der Waals surface area (Å²) < 4.78 is 10.9. The molecule has 0 saturated carbocycles. The second-order valence-corrected chi connectivity index (χ2v) is 6.20. The molecular weight excluding hydrogens is 378 g/mol. The quantitative estimate of drug-likeness (QED) is 0.609. The molecule has 0 spiro atoms. The number of aliphatic hydroxyl groups is 1. The maximum Gasteiger partial charge on any atom is 0.347 e. The zero-order chi connectivity index (χ0) is 19.7. The Morgan fingerprint density at radius 3 is 2.07 bits per heavy atom. The summed E-state index contributed by atoms with van der Waals surface area (Å²) >= 11 is 0. The molecule has 0 radical (unpaired) electrons. The lowest BCUT2D eigenvalue weighted by Crippen LogP contribution is -2.40. The molecule has 1 atom stereocenters. The lowest BCUT2D eigenvalue weighted by molar-refractivity contribution is -0.162. The van der Waals surface area contributed by atoms with Gasteiger partial charge in [-0.3, -0.25) is 0 Å². The van der Waals surface area contributed by atoms with Gasteiger partial charge in [0.1, 0.15) is 12.4 Å². The smallest absolute Gasteiger partial charge is 0.347 e. The third kappa shape index (κ3) is 5.71. The van der Waals surface area contributed by atoms with Crippen molar-refractivity contribution in [2.45, 2.75) is 26.4 Å². The molecule has 2 rings (SSSR count). The van der Waals surface area contributed by atoms with Gasteiger partial charge in [-0.25, -0.2) is 4.79 Å². The van der Waals surface area contributed by atoms with E-state index in [9.17, 15) is 9.90 Å². The zero-order valence-corrected chi connectivity index (χ0v) is 17.6. The molecule has 6 heteroatoms. The van der Waals surface area contributed by atoms with Crippen LogP contribution >= 0.6 is 12.4 Å². The number of ether oxygens (including phenoxy) is 2. The summed E-state index contributed by atoms with van der Waals surface area (Å²) in [6, 6.07) is 15.8. The van der Waals surface area contributed by atoms with Crippen molar-refractivity contribution in [1.29, 1.82) is 0 Å². The molecular formula is C22H30ClNO4. The standard InChI is InChI=1S/C22H29NO4.ClH/c1-4-23(5-2)16-17-27-21(24)22(25,18-10-8-7-9-11-18)19-12-14-20(15-13-19)26-6-3;/h7-15,25H,4-6,16-17H2,1-3H3;1H. The molecule has 28 heavy (non-hydrogen) atoms. The van der Waals surface area contributed by atoms with E-state index in [1.165, 1.54) is 0 Å². The fraction of sp³-hybridized carbons (Fsp3) is 0.409. The number of esters is 1. The van der Waals surface area contributed by atoms with Crippen LogP contribution in [-0.2, 0) is 15.1 Å². The largest absolute Gasteiger partial charge is 0.494 e. The fourth-order valence-corrected chi connectivity index (χ4v) is 2.95. The molecule has 2 aromatic rings. The van der Waals surface area contributed by atoms with Crippen molar-refractivity contribution in [1.82, 2.24) is 4.90 Å². The predicted molar refractivity (Wildman–Crippen MR) is 113 cm³/mol. The molecule has 0 heterocycles.